The molecule has 0 radical (unpaired) electrons. The molecule has 0 atom stereocenters. The van der Waals surface area contributed by atoms with Crippen molar-refractivity contribution in [1.82, 2.24) is 30.0 Å². The van der Waals surface area contributed by atoms with Crippen LogP contribution in [0.15, 0.2) is 55.1 Å². The second-order valence-corrected chi connectivity index (χ2v) is 12.3. The maximum absolute atomic E-state index is 13.0. The lowest BCUT2D eigenvalue weighted by atomic mass is 9.95. The molecule has 4 aromatic rings. The maximum Gasteiger partial charge on any atom is 0.433 e. The predicted octanol–water partition coefficient (Wildman–Crippen LogP) is 4.61. The summed E-state index contributed by atoms with van der Waals surface area (Å²) in [6.45, 7) is 5.58. The lowest BCUT2D eigenvalue weighted by Gasteiger charge is -2.33. The monoisotopic (exact) mass is 650 g/mol. The molecule has 47 heavy (non-hydrogen) atoms. The largest absolute Gasteiger partial charge is 0.433 e. The SMILES string of the molecule is CC(C)(O)c1cc2nn(C3CCN(Cc4ccncc4N4CCC(=O)NC4=O)CC3)cc2cc1NC(=O)c1ccc(C(F)(F)F)nc1. The molecule has 12 nitrogen and oxygen atoms in total. The molecular weight excluding hydrogens is 617 g/mol. The standard InChI is InChI=1S/C32H33F3N8O4/c1-31(2,47)23-14-24-21(13-25(23)38-29(45)19-3-4-27(37-15-19)32(33,34)35)18-43(40-24)22-6-10-41(11-7-22)17-20-5-9-36-16-26(20)42-12-8-28(44)39-30(42)46/h3-5,9,13-16,18,22,47H,6-8,10-12,17H2,1-2H3,(H,38,45)(H,39,44,46). The number of amides is 4. The Morgan fingerprint density at radius 3 is 2.51 bits per heavy atom. The third kappa shape index (κ3) is 6.95. The topological polar surface area (TPSA) is 146 Å². The van der Waals surface area contributed by atoms with Crippen LogP contribution in [0.1, 0.15) is 66.3 Å². The van der Waals surface area contributed by atoms with E-state index in [4.69, 9.17) is 5.10 Å². The Kier molecular flexibility index (Phi) is 8.44. The first-order chi connectivity index (χ1) is 22.3. The van der Waals surface area contributed by atoms with Crippen LogP contribution in [0.25, 0.3) is 10.9 Å². The van der Waals surface area contributed by atoms with Crippen LogP contribution in [0, 0.1) is 0 Å². The number of piperidine rings is 1. The normalized spacial score (nSPS) is 16.9. The molecule has 2 aliphatic heterocycles. The van der Waals surface area contributed by atoms with E-state index in [1.54, 1.807) is 43.3 Å². The Hall–Kier alpha value is -4.89. The number of pyridine rings is 2. The van der Waals surface area contributed by atoms with Gasteiger partial charge in [-0.05, 0) is 62.6 Å². The van der Waals surface area contributed by atoms with E-state index in [1.807, 2.05) is 16.9 Å². The smallest absolute Gasteiger partial charge is 0.386 e. The Morgan fingerprint density at radius 2 is 1.85 bits per heavy atom. The summed E-state index contributed by atoms with van der Waals surface area (Å²) in [5, 5.41) is 21.5. The van der Waals surface area contributed by atoms with E-state index in [2.05, 4.69) is 25.5 Å². The molecule has 0 spiro atoms. The summed E-state index contributed by atoms with van der Waals surface area (Å²) < 4.78 is 40.7. The summed E-state index contributed by atoms with van der Waals surface area (Å²) >= 11 is 0. The number of nitrogens with one attached hydrogen (secondary N) is 2. The van der Waals surface area contributed by atoms with Gasteiger partial charge in [0.2, 0.25) is 5.91 Å². The quantitative estimate of drug-likeness (QED) is 0.263. The minimum absolute atomic E-state index is 0.0598. The molecule has 2 aliphatic rings. The van der Waals surface area contributed by atoms with Crippen LogP contribution in [0.3, 0.4) is 0 Å². The van der Waals surface area contributed by atoms with E-state index in [-0.39, 0.29) is 23.9 Å². The van der Waals surface area contributed by atoms with Crippen molar-refractivity contribution in [1.29, 1.82) is 0 Å². The highest BCUT2D eigenvalue weighted by Crippen LogP contribution is 2.34. The highest BCUT2D eigenvalue weighted by atomic mass is 19.4. The molecule has 3 N–H and O–H groups in total. The van der Waals surface area contributed by atoms with E-state index in [9.17, 15) is 32.7 Å². The van der Waals surface area contributed by atoms with Crippen LogP contribution >= 0.6 is 0 Å². The molecular formula is C32H33F3N8O4. The average molecular weight is 651 g/mol. The number of fused-ring (bicyclic) bond motifs is 1. The Balaban J connectivity index is 1.16. The Morgan fingerprint density at radius 1 is 1.09 bits per heavy atom. The zero-order valence-corrected chi connectivity index (χ0v) is 25.7. The number of halogens is 3. The maximum atomic E-state index is 13.0. The molecule has 0 aliphatic carbocycles. The summed E-state index contributed by atoms with van der Waals surface area (Å²) in [5.41, 5.74) is 0.432. The van der Waals surface area contributed by atoms with Gasteiger partial charge in [0, 0.05) is 67.8 Å². The molecule has 3 aromatic heterocycles. The molecule has 0 unspecified atom stereocenters. The Bertz CT molecular complexity index is 1830. The van der Waals surface area contributed by atoms with Gasteiger partial charge in [0.15, 0.2) is 0 Å². The van der Waals surface area contributed by atoms with Crippen molar-refractivity contribution in [3.05, 3.63) is 77.5 Å². The number of carbonyl (C=O) groups excluding carboxylic acids is 3. The fourth-order valence-electron chi connectivity index (χ4n) is 5.95. The highest BCUT2D eigenvalue weighted by molar-refractivity contribution is 6.06. The first kappa shape index (κ1) is 32.1. The summed E-state index contributed by atoms with van der Waals surface area (Å²) in [7, 11) is 0. The van der Waals surface area contributed by atoms with Crippen molar-refractivity contribution < 1.29 is 32.7 Å². The van der Waals surface area contributed by atoms with Gasteiger partial charge in [0.05, 0.1) is 34.6 Å². The van der Waals surface area contributed by atoms with Crippen LogP contribution in [-0.4, -0.2) is 67.2 Å². The van der Waals surface area contributed by atoms with Crippen molar-refractivity contribution in [2.24, 2.45) is 0 Å². The van der Waals surface area contributed by atoms with Crippen LogP contribution in [0.4, 0.5) is 29.3 Å². The molecule has 0 bridgehead atoms. The molecule has 5 heterocycles. The van der Waals surface area contributed by atoms with E-state index in [0.29, 0.717) is 35.5 Å². The van der Waals surface area contributed by atoms with Gasteiger partial charge in [-0.15, -0.1) is 0 Å². The van der Waals surface area contributed by atoms with E-state index < -0.39 is 29.4 Å². The third-order valence-corrected chi connectivity index (χ3v) is 8.44. The molecule has 15 heteroatoms. The van der Waals surface area contributed by atoms with Crippen LogP contribution < -0.4 is 15.5 Å². The van der Waals surface area contributed by atoms with E-state index in [0.717, 1.165) is 55.2 Å². The molecule has 1 aromatic carbocycles. The van der Waals surface area contributed by atoms with Crippen molar-refractivity contribution >= 4 is 40.1 Å². The van der Waals surface area contributed by atoms with Crippen LogP contribution in [0.2, 0.25) is 0 Å². The second-order valence-electron chi connectivity index (χ2n) is 12.3. The highest BCUT2D eigenvalue weighted by Gasteiger charge is 2.33. The number of rotatable bonds is 7. The van der Waals surface area contributed by atoms with Crippen molar-refractivity contribution in [2.75, 3.05) is 29.9 Å². The van der Waals surface area contributed by atoms with Crippen LogP contribution in [-0.2, 0) is 23.1 Å². The Labute approximate surface area is 267 Å². The lowest BCUT2D eigenvalue weighted by molar-refractivity contribution is -0.141. The fraction of sp³-hybridized carbons (Fsp3) is 0.375. The zero-order chi connectivity index (χ0) is 33.5. The third-order valence-electron chi connectivity index (χ3n) is 8.44. The number of anilines is 2. The first-order valence-corrected chi connectivity index (χ1v) is 15.1. The minimum Gasteiger partial charge on any atom is -0.386 e. The number of imide groups is 1. The number of hydrogen-bond acceptors (Lipinski definition) is 8. The summed E-state index contributed by atoms with van der Waals surface area (Å²) in [5.74, 6) is -0.958. The van der Waals surface area contributed by atoms with E-state index >= 15 is 0 Å². The predicted molar refractivity (Wildman–Crippen MR) is 165 cm³/mol. The minimum atomic E-state index is -4.62. The number of likely N-dealkylation sites (tertiary alicyclic amines) is 1. The van der Waals surface area contributed by atoms with E-state index in [1.165, 1.54) is 0 Å². The first-order valence-electron chi connectivity index (χ1n) is 15.1. The number of aromatic nitrogens is 4. The van der Waals surface area contributed by atoms with Crippen molar-refractivity contribution in [2.45, 2.75) is 57.5 Å². The average Bonchev–Trinajstić information content (AvgIpc) is 3.44. The summed E-state index contributed by atoms with van der Waals surface area (Å²) in [4.78, 5) is 48.4. The molecule has 246 valence electrons. The van der Waals surface area contributed by atoms with Crippen LogP contribution in [0.5, 0.6) is 0 Å². The lowest BCUT2D eigenvalue weighted by Crippen LogP contribution is -2.50. The summed E-state index contributed by atoms with van der Waals surface area (Å²) in [6.07, 6.45) is 3.30. The number of urea groups is 1. The second kappa shape index (κ2) is 12.4. The van der Waals surface area contributed by atoms with Gasteiger partial charge >= 0.3 is 12.2 Å². The van der Waals surface area contributed by atoms with Gasteiger partial charge in [-0.25, -0.2) is 4.79 Å². The molecule has 6 rings (SSSR count). The zero-order valence-electron chi connectivity index (χ0n) is 25.7. The van der Waals surface area contributed by atoms with Gasteiger partial charge in [-0.2, -0.15) is 18.3 Å². The van der Waals surface area contributed by atoms with Gasteiger partial charge in [-0.3, -0.25) is 39.4 Å². The number of aliphatic hydroxyl groups is 1. The number of alkyl halides is 3. The molecule has 0 saturated carbocycles. The number of carbonyl (C=O) groups is 3. The fourth-order valence-corrected chi connectivity index (χ4v) is 5.95. The molecule has 2 fully saturated rings. The van der Waals surface area contributed by atoms with Gasteiger partial charge in [-0.1, -0.05) is 0 Å². The number of nitrogens with zero attached hydrogens (tertiary/aromatic N) is 6. The van der Waals surface area contributed by atoms with Gasteiger partial charge < -0.3 is 10.4 Å². The van der Waals surface area contributed by atoms with Gasteiger partial charge in [0.1, 0.15) is 5.69 Å². The van der Waals surface area contributed by atoms with Crippen molar-refractivity contribution in [3.63, 3.8) is 0 Å². The van der Waals surface area contributed by atoms with Gasteiger partial charge in [0.25, 0.3) is 5.91 Å². The summed E-state index contributed by atoms with van der Waals surface area (Å²) in [6, 6.07) is 6.73. The number of benzene rings is 1. The molecule has 4 amide bonds. The van der Waals surface area contributed by atoms with Crippen molar-refractivity contribution in [3.8, 4) is 0 Å². The molecule has 2 saturated heterocycles. The number of hydrogen-bond donors (Lipinski definition) is 3.